The Morgan fingerprint density at radius 2 is 1.65 bits per heavy atom. The maximum Gasteiger partial charge on any atom is 0.236 e. The maximum atomic E-state index is 12.5. The summed E-state index contributed by atoms with van der Waals surface area (Å²) >= 11 is 0. The van der Waals surface area contributed by atoms with E-state index in [9.17, 15) is 4.79 Å². The van der Waals surface area contributed by atoms with Crippen LogP contribution in [0, 0.1) is 6.92 Å². The van der Waals surface area contributed by atoms with E-state index in [1.54, 1.807) is 0 Å². The lowest BCUT2D eigenvalue weighted by Crippen LogP contribution is -2.50. The van der Waals surface area contributed by atoms with E-state index in [1.807, 2.05) is 0 Å². The molecular weight excluding hydrogens is 286 g/mol. The molecule has 2 aliphatic heterocycles. The van der Waals surface area contributed by atoms with Gasteiger partial charge in [0.15, 0.2) is 0 Å². The second kappa shape index (κ2) is 7.82. The largest absolute Gasteiger partial charge is 0.369 e. The third-order valence-corrected chi connectivity index (χ3v) is 5.06. The highest BCUT2D eigenvalue weighted by molar-refractivity contribution is 5.78. The number of carbonyl (C=O) groups excluding carboxylic acids is 1. The normalized spacial score (nSPS) is 20.4. The fraction of sp³-hybridized carbons (Fsp3) is 0.632. The maximum absolute atomic E-state index is 12.5. The molecular formula is C19H29N3O. The van der Waals surface area contributed by atoms with Crippen molar-refractivity contribution in [2.45, 2.75) is 32.6 Å². The molecule has 23 heavy (non-hydrogen) atoms. The van der Waals surface area contributed by atoms with Gasteiger partial charge in [0.1, 0.15) is 0 Å². The number of hydrogen-bond donors (Lipinski definition) is 0. The van der Waals surface area contributed by atoms with Crippen molar-refractivity contribution in [1.82, 2.24) is 9.80 Å². The van der Waals surface area contributed by atoms with E-state index < -0.39 is 0 Å². The van der Waals surface area contributed by atoms with E-state index in [4.69, 9.17) is 0 Å². The number of rotatable bonds is 3. The average molecular weight is 315 g/mol. The van der Waals surface area contributed by atoms with Gasteiger partial charge in [0.05, 0.1) is 6.54 Å². The van der Waals surface area contributed by atoms with Crippen molar-refractivity contribution < 1.29 is 4.79 Å². The van der Waals surface area contributed by atoms with Gasteiger partial charge in [-0.3, -0.25) is 9.69 Å². The van der Waals surface area contributed by atoms with Crippen LogP contribution in [0.3, 0.4) is 0 Å². The number of anilines is 1. The molecule has 0 aliphatic carbocycles. The Kier molecular flexibility index (Phi) is 5.55. The van der Waals surface area contributed by atoms with Gasteiger partial charge >= 0.3 is 0 Å². The Hall–Kier alpha value is -1.55. The first-order valence-corrected chi connectivity index (χ1v) is 9.04. The molecule has 2 aliphatic rings. The highest BCUT2D eigenvalue weighted by atomic mass is 16.2. The minimum absolute atomic E-state index is 0.330. The number of aryl methyl sites for hydroxylation is 1. The van der Waals surface area contributed by atoms with Crippen LogP contribution in [0.25, 0.3) is 0 Å². The van der Waals surface area contributed by atoms with Crippen molar-refractivity contribution in [3.8, 4) is 0 Å². The second-order valence-corrected chi connectivity index (χ2v) is 6.90. The minimum atomic E-state index is 0.330. The summed E-state index contributed by atoms with van der Waals surface area (Å²) < 4.78 is 0. The third-order valence-electron chi connectivity index (χ3n) is 5.06. The molecule has 0 radical (unpaired) electrons. The Labute approximate surface area is 140 Å². The summed E-state index contributed by atoms with van der Waals surface area (Å²) in [7, 11) is 0. The van der Waals surface area contributed by atoms with E-state index >= 15 is 0 Å². The van der Waals surface area contributed by atoms with Gasteiger partial charge in [-0.05, 0) is 37.5 Å². The Morgan fingerprint density at radius 1 is 0.957 bits per heavy atom. The number of carbonyl (C=O) groups is 1. The van der Waals surface area contributed by atoms with Crippen LogP contribution in [0.1, 0.15) is 31.2 Å². The molecule has 0 spiro atoms. The predicted molar refractivity (Wildman–Crippen MR) is 94.9 cm³/mol. The van der Waals surface area contributed by atoms with Gasteiger partial charge in [-0.1, -0.05) is 25.0 Å². The predicted octanol–water partition coefficient (Wildman–Crippen LogP) is 2.52. The summed E-state index contributed by atoms with van der Waals surface area (Å²) in [5.41, 5.74) is 2.62. The fourth-order valence-corrected chi connectivity index (χ4v) is 3.60. The van der Waals surface area contributed by atoms with Crippen molar-refractivity contribution in [1.29, 1.82) is 0 Å². The second-order valence-electron chi connectivity index (χ2n) is 6.90. The average Bonchev–Trinajstić information content (AvgIpc) is 2.85. The minimum Gasteiger partial charge on any atom is -0.369 e. The van der Waals surface area contributed by atoms with Gasteiger partial charge < -0.3 is 9.80 Å². The standard InChI is InChI=1S/C19H29N3O/c1-17-7-6-8-18(15-17)21-13-11-20(12-14-21)16-19(23)22-9-4-2-3-5-10-22/h6-8,15H,2-5,9-14,16H2,1H3. The molecule has 2 heterocycles. The molecule has 0 atom stereocenters. The summed E-state index contributed by atoms with van der Waals surface area (Å²) in [5.74, 6) is 0.330. The molecule has 0 aromatic heterocycles. The van der Waals surface area contributed by atoms with Crippen LogP contribution in [-0.2, 0) is 4.79 Å². The molecule has 1 aromatic carbocycles. The first kappa shape index (κ1) is 16.3. The molecule has 2 saturated heterocycles. The molecule has 4 heteroatoms. The van der Waals surface area contributed by atoms with Crippen LogP contribution in [0.5, 0.6) is 0 Å². The molecule has 0 bridgehead atoms. The lowest BCUT2D eigenvalue weighted by molar-refractivity contribution is -0.132. The topological polar surface area (TPSA) is 26.8 Å². The molecule has 1 amide bonds. The van der Waals surface area contributed by atoms with E-state index in [1.165, 1.54) is 36.9 Å². The molecule has 4 nitrogen and oxygen atoms in total. The molecule has 2 fully saturated rings. The number of amides is 1. The quantitative estimate of drug-likeness (QED) is 0.857. The van der Waals surface area contributed by atoms with Gasteiger partial charge in [-0.15, -0.1) is 0 Å². The summed E-state index contributed by atoms with van der Waals surface area (Å²) in [4.78, 5) is 19.3. The number of benzene rings is 1. The molecule has 1 aromatic rings. The number of piperazine rings is 1. The number of hydrogen-bond acceptors (Lipinski definition) is 3. The van der Waals surface area contributed by atoms with E-state index in [-0.39, 0.29) is 0 Å². The van der Waals surface area contributed by atoms with Gasteiger partial charge in [0.2, 0.25) is 5.91 Å². The van der Waals surface area contributed by atoms with Crippen molar-refractivity contribution in [2.24, 2.45) is 0 Å². The zero-order valence-electron chi connectivity index (χ0n) is 14.3. The first-order chi connectivity index (χ1) is 11.2. The molecule has 0 unspecified atom stereocenters. The van der Waals surface area contributed by atoms with Crippen molar-refractivity contribution in [3.63, 3.8) is 0 Å². The van der Waals surface area contributed by atoms with Gasteiger partial charge in [-0.25, -0.2) is 0 Å². The summed E-state index contributed by atoms with van der Waals surface area (Å²) in [6.45, 7) is 8.64. The number of nitrogens with zero attached hydrogens (tertiary/aromatic N) is 3. The Bertz CT molecular complexity index is 515. The van der Waals surface area contributed by atoms with Crippen LogP contribution in [0.4, 0.5) is 5.69 Å². The highest BCUT2D eigenvalue weighted by Crippen LogP contribution is 2.18. The van der Waals surface area contributed by atoms with Crippen molar-refractivity contribution >= 4 is 11.6 Å². The van der Waals surface area contributed by atoms with Crippen LogP contribution >= 0.6 is 0 Å². The Balaban J connectivity index is 1.48. The highest BCUT2D eigenvalue weighted by Gasteiger charge is 2.22. The van der Waals surface area contributed by atoms with Gasteiger partial charge in [0.25, 0.3) is 0 Å². The molecule has 3 rings (SSSR count). The first-order valence-electron chi connectivity index (χ1n) is 9.04. The lowest BCUT2D eigenvalue weighted by Gasteiger charge is -2.36. The summed E-state index contributed by atoms with van der Waals surface area (Å²) in [6.07, 6.45) is 4.90. The van der Waals surface area contributed by atoms with E-state index in [2.05, 4.69) is 45.9 Å². The van der Waals surface area contributed by atoms with Gasteiger partial charge in [-0.2, -0.15) is 0 Å². The smallest absolute Gasteiger partial charge is 0.236 e. The summed E-state index contributed by atoms with van der Waals surface area (Å²) in [6, 6.07) is 8.70. The number of likely N-dealkylation sites (tertiary alicyclic amines) is 1. The van der Waals surface area contributed by atoms with Crippen LogP contribution in [0.15, 0.2) is 24.3 Å². The Morgan fingerprint density at radius 3 is 2.30 bits per heavy atom. The third kappa shape index (κ3) is 4.47. The summed E-state index contributed by atoms with van der Waals surface area (Å²) in [5, 5.41) is 0. The zero-order valence-corrected chi connectivity index (χ0v) is 14.3. The van der Waals surface area contributed by atoms with Crippen molar-refractivity contribution in [3.05, 3.63) is 29.8 Å². The SMILES string of the molecule is Cc1cccc(N2CCN(CC(=O)N3CCCCCC3)CC2)c1. The van der Waals surface area contributed by atoms with E-state index in [0.29, 0.717) is 12.5 Å². The molecule has 0 N–H and O–H groups in total. The monoisotopic (exact) mass is 315 g/mol. The molecule has 126 valence electrons. The zero-order chi connectivity index (χ0) is 16.1. The van der Waals surface area contributed by atoms with Crippen LogP contribution < -0.4 is 4.90 Å². The molecule has 0 saturated carbocycles. The lowest BCUT2D eigenvalue weighted by atomic mass is 10.2. The fourth-order valence-electron chi connectivity index (χ4n) is 3.60. The van der Waals surface area contributed by atoms with Gasteiger partial charge in [0, 0.05) is 45.0 Å². The van der Waals surface area contributed by atoms with Crippen LogP contribution in [-0.4, -0.2) is 61.5 Å². The van der Waals surface area contributed by atoms with Crippen LogP contribution in [0.2, 0.25) is 0 Å². The van der Waals surface area contributed by atoms with Crippen molar-refractivity contribution in [2.75, 3.05) is 50.7 Å². The van der Waals surface area contributed by atoms with E-state index in [0.717, 1.165) is 39.3 Å².